The van der Waals surface area contributed by atoms with Crippen LogP contribution in [0.5, 0.6) is 0 Å². The SMILES string of the molecule is C[C@H](c1cccs1)N(C)C(=O)CCCN1C(=O)NC2(CCCC2)C1=O. The van der Waals surface area contributed by atoms with Crippen molar-refractivity contribution < 1.29 is 14.4 Å². The maximum absolute atomic E-state index is 12.6. The molecule has 2 fully saturated rings. The Balaban J connectivity index is 1.50. The van der Waals surface area contributed by atoms with Gasteiger partial charge < -0.3 is 10.2 Å². The van der Waals surface area contributed by atoms with Crippen molar-refractivity contribution in [2.75, 3.05) is 13.6 Å². The third-order valence-corrected chi connectivity index (χ3v) is 6.45. The van der Waals surface area contributed by atoms with Gasteiger partial charge in [-0.2, -0.15) is 0 Å². The monoisotopic (exact) mass is 363 g/mol. The number of rotatable bonds is 6. The van der Waals surface area contributed by atoms with Crippen LogP contribution in [0, 0.1) is 0 Å². The molecule has 1 spiro atoms. The fourth-order valence-electron chi connectivity index (χ4n) is 3.70. The summed E-state index contributed by atoms with van der Waals surface area (Å²) in [6.45, 7) is 2.31. The van der Waals surface area contributed by atoms with E-state index in [0.717, 1.165) is 30.6 Å². The zero-order valence-electron chi connectivity index (χ0n) is 14.8. The van der Waals surface area contributed by atoms with E-state index in [4.69, 9.17) is 0 Å². The highest BCUT2D eigenvalue weighted by Crippen LogP contribution is 2.35. The molecule has 7 heteroatoms. The molecular formula is C18H25N3O3S. The molecule has 1 N–H and O–H groups in total. The maximum Gasteiger partial charge on any atom is 0.325 e. The van der Waals surface area contributed by atoms with Crippen molar-refractivity contribution in [3.63, 3.8) is 0 Å². The molecule has 4 amide bonds. The molecule has 1 aromatic heterocycles. The van der Waals surface area contributed by atoms with E-state index in [0.29, 0.717) is 19.4 Å². The summed E-state index contributed by atoms with van der Waals surface area (Å²) >= 11 is 1.63. The minimum atomic E-state index is -0.661. The third-order valence-electron chi connectivity index (χ3n) is 5.40. The zero-order valence-corrected chi connectivity index (χ0v) is 15.6. The molecule has 1 atom stereocenters. The minimum absolute atomic E-state index is 0.0310. The summed E-state index contributed by atoms with van der Waals surface area (Å²) in [5.41, 5.74) is -0.661. The van der Waals surface area contributed by atoms with E-state index in [9.17, 15) is 14.4 Å². The number of nitrogens with one attached hydrogen (secondary N) is 1. The van der Waals surface area contributed by atoms with Crippen LogP contribution < -0.4 is 5.32 Å². The van der Waals surface area contributed by atoms with Crippen molar-refractivity contribution in [1.82, 2.24) is 15.1 Å². The summed E-state index contributed by atoms with van der Waals surface area (Å²) in [4.78, 5) is 41.2. The lowest BCUT2D eigenvalue weighted by Crippen LogP contribution is -2.44. The van der Waals surface area contributed by atoms with Crippen molar-refractivity contribution in [1.29, 1.82) is 0 Å². The van der Waals surface area contributed by atoms with Crippen LogP contribution in [0.2, 0.25) is 0 Å². The molecular weight excluding hydrogens is 338 g/mol. The number of amides is 4. The molecule has 136 valence electrons. The summed E-state index contributed by atoms with van der Waals surface area (Å²) in [5.74, 6) is -0.0775. The second kappa shape index (κ2) is 7.15. The first-order valence-electron chi connectivity index (χ1n) is 8.88. The Bertz CT molecular complexity index is 653. The summed E-state index contributed by atoms with van der Waals surface area (Å²) in [6.07, 6.45) is 4.24. The second-order valence-electron chi connectivity index (χ2n) is 6.98. The highest BCUT2D eigenvalue weighted by Gasteiger charge is 2.52. The van der Waals surface area contributed by atoms with Crippen molar-refractivity contribution in [2.45, 2.75) is 57.0 Å². The molecule has 6 nitrogen and oxygen atoms in total. The fourth-order valence-corrected chi connectivity index (χ4v) is 4.52. The molecule has 0 unspecified atom stereocenters. The van der Waals surface area contributed by atoms with Crippen molar-refractivity contribution in [2.24, 2.45) is 0 Å². The molecule has 2 aliphatic rings. The average Bonchev–Trinajstić information content (AvgIpc) is 3.32. The number of hydrogen-bond donors (Lipinski definition) is 1. The molecule has 1 aromatic rings. The lowest BCUT2D eigenvalue weighted by molar-refractivity contribution is -0.133. The van der Waals surface area contributed by atoms with Gasteiger partial charge in [-0.05, 0) is 37.6 Å². The van der Waals surface area contributed by atoms with Crippen LogP contribution in [0.4, 0.5) is 4.79 Å². The van der Waals surface area contributed by atoms with Gasteiger partial charge in [-0.1, -0.05) is 18.9 Å². The van der Waals surface area contributed by atoms with Crippen LogP contribution in [0.1, 0.15) is 56.4 Å². The Morgan fingerprint density at radius 2 is 2.12 bits per heavy atom. The predicted octanol–water partition coefficient (Wildman–Crippen LogP) is 2.91. The van der Waals surface area contributed by atoms with Crippen molar-refractivity contribution in [3.8, 4) is 0 Å². The Morgan fingerprint density at radius 3 is 2.76 bits per heavy atom. The summed E-state index contributed by atoms with van der Waals surface area (Å²) in [6, 6.07) is 3.73. The van der Waals surface area contributed by atoms with Gasteiger partial charge in [0.05, 0.1) is 6.04 Å². The summed E-state index contributed by atoms with van der Waals surface area (Å²) < 4.78 is 0. The van der Waals surface area contributed by atoms with Gasteiger partial charge in [-0.15, -0.1) is 11.3 Å². The van der Waals surface area contributed by atoms with E-state index < -0.39 is 5.54 Å². The van der Waals surface area contributed by atoms with E-state index in [2.05, 4.69) is 5.32 Å². The van der Waals surface area contributed by atoms with Gasteiger partial charge in [0, 0.05) is 24.9 Å². The number of carbonyl (C=O) groups excluding carboxylic acids is 3. The molecule has 1 aliphatic heterocycles. The topological polar surface area (TPSA) is 69.7 Å². The van der Waals surface area contributed by atoms with E-state index in [-0.39, 0.29) is 23.9 Å². The molecule has 0 radical (unpaired) electrons. The molecule has 2 heterocycles. The maximum atomic E-state index is 12.6. The first-order valence-corrected chi connectivity index (χ1v) is 9.76. The Kier molecular flexibility index (Phi) is 5.13. The van der Waals surface area contributed by atoms with E-state index in [1.54, 1.807) is 23.3 Å². The molecule has 0 aromatic carbocycles. The van der Waals surface area contributed by atoms with E-state index in [1.807, 2.05) is 24.4 Å². The Morgan fingerprint density at radius 1 is 1.40 bits per heavy atom. The normalized spacial score (nSPS) is 20.2. The quantitative estimate of drug-likeness (QED) is 0.790. The zero-order chi connectivity index (χ0) is 18.0. The van der Waals surface area contributed by atoms with Gasteiger partial charge in [0.25, 0.3) is 5.91 Å². The van der Waals surface area contributed by atoms with Gasteiger partial charge in [0.2, 0.25) is 5.91 Å². The standard InChI is InChI=1S/C18H25N3O3S/c1-13(14-7-6-12-25-14)20(2)15(22)8-5-11-21-16(23)18(19-17(21)24)9-3-4-10-18/h6-7,12-13H,3-5,8-11H2,1-2H3,(H,19,24)/t13-/m1/s1. The smallest absolute Gasteiger partial charge is 0.325 e. The van der Waals surface area contributed by atoms with Crippen LogP contribution in [0.25, 0.3) is 0 Å². The van der Waals surface area contributed by atoms with Crippen molar-refractivity contribution in [3.05, 3.63) is 22.4 Å². The van der Waals surface area contributed by atoms with E-state index in [1.165, 1.54) is 4.90 Å². The fraction of sp³-hybridized carbons (Fsp3) is 0.611. The molecule has 1 saturated heterocycles. The van der Waals surface area contributed by atoms with Crippen LogP contribution >= 0.6 is 11.3 Å². The molecule has 1 saturated carbocycles. The number of thiophene rings is 1. The van der Waals surface area contributed by atoms with Gasteiger partial charge in [-0.25, -0.2) is 4.79 Å². The lowest BCUT2D eigenvalue weighted by atomic mass is 9.98. The molecule has 3 rings (SSSR count). The number of hydrogen-bond acceptors (Lipinski definition) is 4. The summed E-state index contributed by atoms with van der Waals surface area (Å²) in [7, 11) is 1.80. The first-order chi connectivity index (χ1) is 11.9. The number of imide groups is 1. The number of carbonyl (C=O) groups is 3. The highest BCUT2D eigenvalue weighted by atomic mass is 32.1. The summed E-state index contributed by atoms with van der Waals surface area (Å²) in [5, 5.41) is 4.87. The number of nitrogens with zero attached hydrogens (tertiary/aromatic N) is 2. The number of urea groups is 1. The van der Waals surface area contributed by atoms with Gasteiger partial charge in [-0.3, -0.25) is 14.5 Å². The van der Waals surface area contributed by atoms with Crippen LogP contribution in [0.3, 0.4) is 0 Å². The molecule has 1 aliphatic carbocycles. The lowest BCUT2D eigenvalue weighted by Gasteiger charge is -2.24. The average molecular weight is 363 g/mol. The largest absolute Gasteiger partial charge is 0.338 e. The molecule has 0 bridgehead atoms. The van der Waals surface area contributed by atoms with Crippen LogP contribution in [0.15, 0.2) is 17.5 Å². The predicted molar refractivity (Wildman–Crippen MR) is 96.2 cm³/mol. The van der Waals surface area contributed by atoms with Gasteiger partial charge in [0.1, 0.15) is 5.54 Å². The Hall–Kier alpha value is -1.89. The van der Waals surface area contributed by atoms with Gasteiger partial charge in [0.15, 0.2) is 0 Å². The third kappa shape index (κ3) is 3.42. The molecule has 25 heavy (non-hydrogen) atoms. The highest BCUT2D eigenvalue weighted by molar-refractivity contribution is 7.10. The first kappa shape index (κ1) is 17.9. The van der Waals surface area contributed by atoms with Crippen LogP contribution in [-0.2, 0) is 9.59 Å². The van der Waals surface area contributed by atoms with Gasteiger partial charge >= 0.3 is 6.03 Å². The van der Waals surface area contributed by atoms with Crippen molar-refractivity contribution >= 4 is 29.2 Å². The second-order valence-corrected chi connectivity index (χ2v) is 7.96. The Labute approximate surface area is 152 Å². The van der Waals surface area contributed by atoms with Crippen LogP contribution in [-0.4, -0.2) is 46.8 Å². The minimum Gasteiger partial charge on any atom is -0.338 e. The van der Waals surface area contributed by atoms with E-state index >= 15 is 0 Å².